The molecule has 0 fully saturated rings. The molecule has 15 heavy (non-hydrogen) atoms. The van der Waals surface area contributed by atoms with Crippen molar-refractivity contribution in [1.82, 2.24) is 10.1 Å². The molecule has 2 aromatic rings. The van der Waals surface area contributed by atoms with Gasteiger partial charge in [-0.05, 0) is 29.4 Å². The van der Waals surface area contributed by atoms with Gasteiger partial charge in [0.05, 0.1) is 0 Å². The number of aromatic nitrogens is 2. The van der Waals surface area contributed by atoms with Gasteiger partial charge in [0.15, 0.2) is 0 Å². The molecule has 1 aromatic carbocycles. The van der Waals surface area contributed by atoms with Crippen LogP contribution in [0.5, 0.6) is 0 Å². The van der Waals surface area contributed by atoms with E-state index in [0.29, 0.717) is 5.89 Å². The van der Waals surface area contributed by atoms with Crippen molar-refractivity contribution in [2.45, 2.75) is 0 Å². The molecule has 0 unspecified atom stereocenters. The summed E-state index contributed by atoms with van der Waals surface area (Å²) in [5.41, 5.74) is 7.35. The van der Waals surface area contributed by atoms with Gasteiger partial charge in [0, 0.05) is 25.3 Å². The van der Waals surface area contributed by atoms with Crippen LogP contribution >= 0.6 is 0 Å². The first kappa shape index (κ1) is 9.51. The Balaban J connectivity index is 2.31. The Hall–Kier alpha value is -2.04. The summed E-state index contributed by atoms with van der Waals surface area (Å²) in [5, 5.41) is 3.53. The average Bonchev–Trinajstić information content (AvgIpc) is 2.65. The number of anilines is 2. The molecule has 0 aliphatic rings. The highest BCUT2D eigenvalue weighted by atomic mass is 16.5. The number of hydrogen-bond donors (Lipinski definition) is 1. The number of hydrogen-bond acceptors (Lipinski definition) is 5. The third-order valence-corrected chi connectivity index (χ3v) is 2.07. The minimum absolute atomic E-state index is 0.154. The third-order valence-electron chi connectivity index (χ3n) is 2.07. The van der Waals surface area contributed by atoms with Crippen LogP contribution in [-0.2, 0) is 0 Å². The summed E-state index contributed by atoms with van der Waals surface area (Å²) in [6.45, 7) is 0. The average molecular weight is 204 g/mol. The van der Waals surface area contributed by atoms with Crippen LogP contribution in [-0.4, -0.2) is 24.2 Å². The molecule has 0 aliphatic heterocycles. The number of nitrogens with zero attached hydrogens (tertiary/aromatic N) is 3. The number of rotatable bonds is 2. The molecule has 78 valence electrons. The van der Waals surface area contributed by atoms with E-state index in [1.807, 2.05) is 43.3 Å². The Bertz CT molecular complexity index is 447. The largest absolute Gasteiger partial charge is 0.378 e. The van der Waals surface area contributed by atoms with Gasteiger partial charge < -0.3 is 15.2 Å². The molecule has 1 aromatic heterocycles. The van der Waals surface area contributed by atoms with Crippen LogP contribution in [0.4, 0.5) is 11.6 Å². The SMILES string of the molecule is CN(C)c1ccc(-c2nc(N)no2)cc1. The quantitative estimate of drug-likeness (QED) is 0.800. The molecular weight excluding hydrogens is 192 g/mol. The van der Waals surface area contributed by atoms with Crippen molar-refractivity contribution in [3.8, 4) is 11.5 Å². The van der Waals surface area contributed by atoms with Crippen molar-refractivity contribution in [3.63, 3.8) is 0 Å². The maximum absolute atomic E-state index is 5.37. The smallest absolute Gasteiger partial charge is 0.261 e. The Kier molecular flexibility index (Phi) is 2.29. The molecule has 0 spiro atoms. The second-order valence-corrected chi connectivity index (χ2v) is 3.40. The third kappa shape index (κ3) is 1.90. The van der Waals surface area contributed by atoms with Crippen molar-refractivity contribution in [1.29, 1.82) is 0 Å². The lowest BCUT2D eigenvalue weighted by Gasteiger charge is -2.11. The Morgan fingerprint density at radius 2 is 1.87 bits per heavy atom. The van der Waals surface area contributed by atoms with Gasteiger partial charge in [-0.2, -0.15) is 4.98 Å². The van der Waals surface area contributed by atoms with Crippen LogP contribution in [0.1, 0.15) is 0 Å². The Labute approximate surface area is 87.5 Å². The Morgan fingerprint density at radius 1 is 1.20 bits per heavy atom. The zero-order valence-corrected chi connectivity index (χ0v) is 8.64. The maximum Gasteiger partial charge on any atom is 0.261 e. The maximum atomic E-state index is 5.37. The molecule has 0 bridgehead atoms. The van der Waals surface area contributed by atoms with Crippen molar-refractivity contribution in [2.75, 3.05) is 24.7 Å². The first-order valence-corrected chi connectivity index (χ1v) is 4.54. The van der Waals surface area contributed by atoms with E-state index in [4.69, 9.17) is 10.3 Å². The molecule has 5 nitrogen and oxygen atoms in total. The highest BCUT2D eigenvalue weighted by Crippen LogP contribution is 2.20. The highest BCUT2D eigenvalue weighted by Gasteiger charge is 2.06. The Morgan fingerprint density at radius 3 is 2.33 bits per heavy atom. The fourth-order valence-corrected chi connectivity index (χ4v) is 1.25. The molecule has 0 saturated heterocycles. The molecule has 0 atom stereocenters. The summed E-state index contributed by atoms with van der Waals surface area (Å²) < 4.78 is 4.95. The second kappa shape index (κ2) is 3.61. The summed E-state index contributed by atoms with van der Waals surface area (Å²) in [6.07, 6.45) is 0. The fraction of sp³-hybridized carbons (Fsp3) is 0.200. The van der Waals surface area contributed by atoms with Crippen LogP contribution in [0.15, 0.2) is 28.8 Å². The van der Waals surface area contributed by atoms with Crippen molar-refractivity contribution in [2.24, 2.45) is 0 Å². The van der Waals surface area contributed by atoms with E-state index in [0.717, 1.165) is 11.3 Å². The predicted octanol–water partition coefficient (Wildman–Crippen LogP) is 1.38. The van der Waals surface area contributed by atoms with Crippen LogP contribution in [0.3, 0.4) is 0 Å². The molecule has 2 N–H and O–H groups in total. The lowest BCUT2D eigenvalue weighted by atomic mass is 10.2. The molecule has 2 rings (SSSR count). The monoisotopic (exact) mass is 204 g/mol. The zero-order valence-electron chi connectivity index (χ0n) is 8.64. The van der Waals surface area contributed by atoms with Gasteiger partial charge in [0.2, 0.25) is 0 Å². The summed E-state index contributed by atoms with van der Waals surface area (Å²) in [4.78, 5) is 5.96. The summed E-state index contributed by atoms with van der Waals surface area (Å²) in [6, 6.07) is 7.80. The van der Waals surface area contributed by atoms with Crippen LogP contribution < -0.4 is 10.6 Å². The summed E-state index contributed by atoms with van der Waals surface area (Å²) in [5.74, 6) is 0.597. The van der Waals surface area contributed by atoms with E-state index in [1.165, 1.54) is 0 Å². The van der Waals surface area contributed by atoms with E-state index in [9.17, 15) is 0 Å². The standard InChI is InChI=1S/C10H12N4O/c1-14(2)8-5-3-7(4-6-8)9-12-10(11)13-15-9/h3-6H,1-2H3,(H2,11,13). The first-order valence-electron chi connectivity index (χ1n) is 4.54. The molecule has 0 aliphatic carbocycles. The molecule has 5 heteroatoms. The number of nitrogen functional groups attached to an aromatic ring is 1. The van der Waals surface area contributed by atoms with E-state index in [-0.39, 0.29) is 5.95 Å². The van der Waals surface area contributed by atoms with Crippen LogP contribution in [0, 0.1) is 0 Å². The van der Waals surface area contributed by atoms with Gasteiger partial charge in [0.1, 0.15) is 0 Å². The van der Waals surface area contributed by atoms with E-state index in [2.05, 4.69) is 10.1 Å². The predicted molar refractivity (Wildman–Crippen MR) is 58.5 cm³/mol. The highest BCUT2D eigenvalue weighted by molar-refractivity contribution is 5.59. The van der Waals surface area contributed by atoms with Gasteiger partial charge in [-0.15, -0.1) is 0 Å². The van der Waals surface area contributed by atoms with Crippen molar-refractivity contribution < 1.29 is 4.52 Å². The van der Waals surface area contributed by atoms with E-state index in [1.54, 1.807) is 0 Å². The number of nitrogens with two attached hydrogens (primary N) is 1. The van der Waals surface area contributed by atoms with Gasteiger partial charge in [0.25, 0.3) is 11.8 Å². The van der Waals surface area contributed by atoms with Gasteiger partial charge in [-0.1, -0.05) is 0 Å². The van der Waals surface area contributed by atoms with Crippen molar-refractivity contribution in [3.05, 3.63) is 24.3 Å². The van der Waals surface area contributed by atoms with Crippen LogP contribution in [0.2, 0.25) is 0 Å². The second-order valence-electron chi connectivity index (χ2n) is 3.40. The molecule has 0 amide bonds. The first-order chi connectivity index (χ1) is 7.16. The van der Waals surface area contributed by atoms with Gasteiger partial charge in [-0.25, -0.2) is 0 Å². The van der Waals surface area contributed by atoms with Crippen LogP contribution in [0.25, 0.3) is 11.5 Å². The molecule has 0 radical (unpaired) electrons. The zero-order chi connectivity index (χ0) is 10.8. The van der Waals surface area contributed by atoms with E-state index < -0.39 is 0 Å². The normalized spacial score (nSPS) is 10.3. The lowest BCUT2D eigenvalue weighted by Crippen LogP contribution is -2.07. The van der Waals surface area contributed by atoms with E-state index >= 15 is 0 Å². The molecule has 0 saturated carbocycles. The minimum Gasteiger partial charge on any atom is -0.378 e. The van der Waals surface area contributed by atoms with Gasteiger partial charge in [-0.3, -0.25) is 0 Å². The summed E-state index contributed by atoms with van der Waals surface area (Å²) >= 11 is 0. The topological polar surface area (TPSA) is 68.2 Å². The molecular formula is C10H12N4O. The number of benzene rings is 1. The van der Waals surface area contributed by atoms with Gasteiger partial charge >= 0.3 is 0 Å². The molecule has 1 heterocycles. The lowest BCUT2D eigenvalue weighted by molar-refractivity contribution is 0.433. The summed E-state index contributed by atoms with van der Waals surface area (Å²) in [7, 11) is 3.97. The van der Waals surface area contributed by atoms with Crippen molar-refractivity contribution >= 4 is 11.6 Å². The fourth-order valence-electron chi connectivity index (χ4n) is 1.25. The minimum atomic E-state index is 0.154.